The summed E-state index contributed by atoms with van der Waals surface area (Å²) in [5, 5.41) is 1.29. The van der Waals surface area contributed by atoms with Gasteiger partial charge in [-0.3, -0.25) is 4.79 Å². The lowest BCUT2D eigenvalue weighted by Crippen LogP contribution is -2.15. The Morgan fingerprint density at radius 1 is 1.12 bits per heavy atom. The SMILES string of the molecule is COCc1cc(=O)c2c(Cl)ncc(Cl)c2n1-c1c(Cl)cccc1Cl. The normalized spacial score (nSPS) is 11.2. The lowest BCUT2D eigenvalue weighted by atomic mass is 10.2. The highest BCUT2D eigenvalue weighted by molar-refractivity contribution is 6.40. The molecule has 0 aliphatic rings. The van der Waals surface area contributed by atoms with Crippen LogP contribution in [0.4, 0.5) is 0 Å². The summed E-state index contributed by atoms with van der Waals surface area (Å²) in [6.45, 7) is 0.156. The molecule has 0 N–H and O–H groups in total. The molecule has 0 fully saturated rings. The number of benzene rings is 1. The number of para-hydroxylation sites is 1. The van der Waals surface area contributed by atoms with Crippen LogP contribution in [0.2, 0.25) is 20.2 Å². The van der Waals surface area contributed by atoms with E-state index in [1.54, 1.807) is 22.8 Å². The van der Waals surface area contributed by atoms with Crippen molar-refractivity contribution in [1.82, 2.24) is 9.55 Å². The maximum absolute atomic E-state index is 12.5. The largest absolute Gasteiger partial charge is 0.378 e. The molecule has 24 heavy (non-hydrogen) atoms. The first-order chi connectivity index (χ1) is 11.5. The third-order valence-corrected chi connectivity index (χ3v) is 4.64. The Balaban J connectivity index is 2.59. The van der Waals surface area contributed by atoms with Gasteiger partial charge in [-0.1, -0.05) is 52.5 Å². The standard InChI is InChI=1S/C16H10Cl4N2O2/c1-24-7-8-5-12(23)13-15(11(19)6-21-16(13)20)22(8)14-9(17)3-2-4-10(14)18/h2-6H,7H2,1H3. The molecule has 124 valence electrons. The monoisotopic (exact) mass is 402 g/mol. The molecule has 0 aliphatic carbocycles. The van der Waals surface area contributed by atoms with Crippen LogP contribution in [-0.4, -0.2) is 16.7 Å². The van der Waals surface area contributed by atoms with E-state index in [2.05, 4.69) is 4.98 Å². The van der Waals surface area contributed by atoms with Gasteiger partial charge < -0.3 is 9.30 Å². The third-order valence-electron chi connectivity index (χ3n) is 3.47. The first-order valence-electron chi connectivity index (χ1n) is 6.77. The molecule has 3 aromatic rings. The van der Waals surface area contributed by atoms with E-state index in [4.69, 9.17) is 51.1 Å². The van der Waals surface area contributed by atoms with Crippen LogP contribution >= 0.6 is 46.4 Å². The molecule has 0 saturated carbocycles. The summed E-state index contributed by atoms with van der Waals surface area (Å²) in [7, 11) is 1.52. The zero-order valence-corrected chi connectivity index (χ0v) is 15.3. The molecular formula is C16H10Cl4N2O2. The Hall–Kier alpha value is -1.30. The van der Waals surface area contributed by atoms with Gasteiger partial charge in [0.2, 0.25) is 0 Å². The number of ether oxygens (including phenoxy) is 1. The third kappa shape index (κ3) is 2.89. The Morgan fingerprint density at radius 2 is 1.79 bits per heavy atom. The van der Waals surface area contributed by atoms with E-state index >= 15 is 0 Å². The summed E-state index contributed by atoms with van der Waals surface area (Å²) in [5.41, 5.74) is 1.10. The zero-order valence-electron chi connectivity index (χ0n) is 12.3. The summed E-state index contributed by atoms with van der Waals surface area (Å²) in [6, 6.07) is 6.53. The summed E-state index contributed by atoms with van der Waals surface area (Å²) >= 11 is 25.2. The fourth-order valence-electron chi connectivity index (χ4n) is 2.54. The van der Waals surface area contributed by atoms with E-state index in [-0.39, 0.29) is 27.6 Å². The molecule has 0 saturated heterocycles. The summed E-state index contributed by atoms with van der Waals surface area (Å²) in [6.07, 6.45) is 1.38. The van der Waals surface area contributed by atoms with E-state index in [9.17, 15) is 4.79 Å². The summed E-state index contributed by atoms with van der Waals surface area (Å²) in [5.74, 6) is 0. The number of aromatic nitrogens is 2. The minimum atomic E-state index is -0.309. The van der Waals surface area contributed by atoms with Crippen molar-refractivity contribution >= 4 is 57.3 Å². The van der Waals surface area contributed by atoms with Gasteiger partial charge in [-0.15, -0.1) is 0 Å². The van der Waals surface area contributed by atoms with Gasteiger partial charge in [0.15, 0.2) is 5.43 Å². The molecule has 0 atom stereocenters. The molecule has 0 spiro atoms. The summed E-state index contributed by atoms with van der Waals surface area (Å²) < 4.78 is 6.89. The van der Waals surface area contributed by atoms with Crippen molar-refractivity contribution in [2.75, 3.05) is 7.11 Å². The first kappa shape index (κ1) is 17.5. The molecule has 0 radical (unpaired) electrons. The fourth-order valence-corrected chi connectivity index (χ4v) is 3.56. The second kappa shape index (κ2) is 6.90. The number of fused-ring (bicyclic) bond motifs is 1. The second-order valence-electron chi connectivity index (χ2n) is 4.96. The molecule has 0 unspecified atom stereocenters. The van der Waals surface area contributed by atoms with Gasteiger partial charge in [-0.2, -0.15) is 0 Å². The molecule has 0 bridgehead atoms. The molecule has 0 aliphatic heterocycles. The Bertz CT molecular complexity index is 981. The van der Waals surface area contributed by atoms with Gasteiger partial charge in [0, 0.05) is 19.4 Å². The van der Waals surface area contributed by atoms with Crippen molar-refractivity contribution in [2.24, 2.45) is 0 Å². The van der Waals surface area contributed by atoms with Gasteiger partial charge in [-0.25, -0.2) is 4.98 Å². The van der Waals surface area contributed by atoms with Crippen LogP contribution in [0.5, 0.6) is 0 Å². The number of pyridine rings is 2. The van der Waals surface area contributed by atoms with Crippen molar-refractivity contribution in [3.63, 3.8) is 0 Å². The van der Waals surface area contributed by atoms with Crippen molar-refractivity contribution in [1.29, 1.82) is 0 Å². The number of halogens is 4. The van der Waals surface area contributed by atoms with E-state index in [0.717, 1.165) is 0 Å². The predicted octanol–water partition coefficient (Wildman–Crippen LogP) is 5.15. The van der Waals surface area contributed by atoms with E-state index < -0.39 is 0 Å². The lowest BCUT2D eigenvalue weighted by Gasteiger charge is -2.20. The molecule has 2 heterocycles. The van der Waals surface area contributed by atoms with Crippen molar-refractivity contribution in [3.8, 4) is 5.69 Å². The smallest absolute Gasteiger partial charge is 0.192 e. The molecule has 1 aromatic carbocycles. The Morgan fingerprint density at radius 3 is 2.42 bits per heavy atom. The molecule has 2 aromatic heterocycles. The minimum absolute atomic E-state index is 0.0558. The Labute approximate surface area is 157 Å². The van der Waals surface area contributed by atoms with Crippen LogP contribution in [0.25, 0.3) is 16.6 Å². The van der Waals surface area contributed by atoms with Crippen LogP contribution < -0.4 is 5.43 Å². The van der Waals surface area contributed by atoms with Crippen molar-refractivity contribution < 1.29 is 4.74 Å². The summed E-state index contributed by atoms with van der Waals surface area (Å²) in [4.78, 5) is 16.4. The van der Waals surface area contributed by atoms with E-state index in [1.165, 1.54) is 19.4 Å². The van der Waals surface area contributed by atoms with Crippen molar-refractivity contribution in [3.05, 3.63) is 66.6 Å². The number of hydrogen-bond donors (Lipinski definition) is 0. The maximum Gasteiger partial charge on any atom is 0.192 e. The quantitative estimate of drug-likeness (QED) is 0.568. The fraction of sp³-hybridized carbons (Fsp3) is 0.125. The van der Waals surface area contributed by atoms with Gasteiger partial charge in [0.05, 0.1) is 44.0 Å². The van der Waals surface area contributed by atoms with Crippen LogP contribution in [0.1, 0.15) is 5.69 Å². The lowest BCUT2D eigenvalue weighted by molar-refractivity contribution is 0.180. The first-order valence-corrected chi connectivity index (χ1v) is 8.29. The van der Waals surface area contributed by atoms with Gasteiger partial charge in [-0.05, 0) is 12.1 Å². The van der Waals surface area contributed by atoms with Gasteiger partial charge >= 0.3 is 0 Å². The van der Waals surface area contributed by atoms with E-state index in [1.807, 2.05) is 0 Å². The second-order valence-corrected chi connectivity index (χ2v) is 6.54. The number of methoxy groups -OCH3 is 1. The Kier molecular flexibility index (Phi) is 5.04. The maximum atomic E-state index is 12.5. The number of rotatable bonds is 3. The molecule has 3 rings (SSSR count). The highest BCUT2D eigenvalue weighted by Gasteiger charge is 2.20. The topological polar surface area (TPSA) is 44.1 Å². The molecule has 0 amide bonds. The average Bonchev–Trinajstić information content (AvgIpc) is 2.52. The molecule has 8 heteroatoms. The van der Waals surface area contributed by atoms with Gasteiger partial charge in [0.1, 0.15) is 5.15 Å². The highest BCUT2D eigenvalue weighted by atomic mass is 35.5. The van der Waals surface area contributed by atoms with Gasteiger partial charge in [0.25, 0.3) is 0 Å². The number of hydrogen-bond acceptors (Lipinski definition) is 3. The minimum Gasteiger partial charge on any atom is -0.378 e. The van der Waals surface area contributed by atoms with Crippen LogP contribution in [0.3, 0.4) is 0 Å². The van der Waals surface area contributed by atoms with Crippen LogP contribution in [-0.2, 0) is 11.3 Å². The molecule has 4 nitrogen and oxygen atoms in total. The van der Waals surface area contributed by atoms with Crippen molar-refractivity contribution in [2.45, 2.75) is 6.61 Å². The predicted molar refractivity (Wildman–Crippen MR) is 98.1 cm³/mol. The van der Waals surface area contributed by atoms with Crippen LogP contribution in [0, 0.1) is 0 Å². The molecular weight excluding hydrogens is 394 g/mol. The zero-order chi connectivity index (χ0) is 17.4. The highest BCUT2D eigenvalue weighted by Crippen LogP contribution is 2.35. The number of nitrogens with zero attached hydrogens (tertiary/aromatic N) is 2. The van der Waals surface area contributed by atoms with E-state index in [0.29, 0.717) is 26.9 Å². The average molecular weight is 404 g/mol. The van der Waals surface area contributed by atoms with Crippen LogP contribution in [0.15, 0.2) is 35.3 Å².